The van der Waals surface area contributed by atoms with Gasteiger partial charge >= 0.3 is 0 Å². The third-order valence-electron chi connectivity index (χ3n) is 3.49. The summed E-state index contributed by atoms with van der Waals surface area (Å²) in [6.07, 6.45) is 1.39. The Kier molecular flexibility index (Phi) is 3.99. The van der Waals surface area contributed by atoms with Gasteiger partial charge < -0.3 is 15.7 Å². The molecule has 4 nitrogen and oxygen atoms in total. The molecule has 0 unspecified atom stereocenters. The summed E-state index contributed by atoms with van der Waals surface area (Å²) < 4.78 is 26.6. The molecule has 0 spiro atoms. The summed E-state index contributed by atoms with van der Waals surface area (Å²) in [5.74, 6) is -2.06. The minimum Gasteiger partial charge on any atom is -0.396 e. The molecule has 1 heterocycles. The lowest BCUT2D eigenvalue weighted by Gasteiger charge is -2.31. The number of hydrogen-bond donors (Lipinski definition) is 2. The summed E-state index contributed by atoms with van der Waals surface area (Å²) in [4.78, 5) is 13.6. The van der Waals surface area contributed by atoms with Crippen LogP contribution in [0, 0.1) is 17.6 Å². The average Bonchev–Trinajstić information content (AvgIpc) is 2.43. The number of carbonyl (C=O) groups excluding carboxylic acids is 1. The van der Waals surface area contributed by atoms with Crippen molar-refractivity contribution in [1.29, 1.82) is 0 Å². The van der Waals surface area contributed by atoms with E-state index in [0.29, 0.717) is 25.9 Å². The molecule has 0 radical (unpaired) electrons. The van der Waals surface area contributed by atoms with Crippen LogP contribution in [0.3, 0.4) is 0 Å². The Balaban J connectivity index is 2.12. The summed E-state index contributed by atoms with van der Waals surface area (Å²) in [6.45, 7) is 1.07. The highest BCUT2D eigenvalue weighted by Gasteiger charge is 2.24. The van der Waals surface area contributed by atoms with Crippen LogP contribution in [0.5, 0.6) is 0 Å². The van der Waals surface area contributed by atoms with E-state index in [-0.39, 0.29) is 18.1 Å². The van der Waals surface area contributed by atoms with Crippen molar-refractivity contribution in [2.45, 2.75) is 12.8 Å². The quantitative estimate of drug-likeness (QED) is 0.798. The molecule has 0 aromatic heterocycles. The highest BCUT2D eigenvalue weighted by molar-refractivity contribution is 5.94. The van der Waals surface area contributed by atoms with Gasteiger partial charge in [0.2, 0.25) is 0 Å². The van der Waals surface area contributed by atoms with Gasteiger partial charge in [0.15, 0.2) is 0 Å². The van der Waals surface area contributed by atoms with Crippen LogP contribution in [-0.4, -0.2) is 35.6 Å². The number of anilines is 1. The van der Waals surface area contributed by atoms with Crippen molar-refractivity contribution in [1.82, 2.24) is 4.90 Å². The maximum atomic E-state index is 13.3. The molecular weight excluding hydrogens is 254 g/mol. The van der Waals surface area contributed by atoms with Crippen LogP contribution in [0.4, 0.5) is 14.5 Å². The molecule has 0 aliphatic carbocycles. The molecule has 104 valence electrons. The SMILES string of the molecule is Nc1c(F)cc(C(=O)N2CCC(CO)CC2)cc1F. The van der Waals surface area contributed by atoms with Crippen LogP contribution in [0.2, 0.25) is 0 Å². The van der Waals surface area contributed by atoms with Gasteiger partial charge in [-0.25, -0.2) is 8.78 Å². The van der Waals surface area contributed by atoms with Crippen LogP contribution >= 0.6 is 0 Å². The number of aliphatic hydroxyl groups excluding tert-OH is 1. The van der Waals surface area contributed by atoms with Gasteiger partial charge in [0.25, 0.3) is 5.91 Å². The zero-order valence-electron chi connectivity index (χ0n) is 10.4. The molecule has 6 heteroatoms. The van der Waals surface area contributed by atoms with Gasteiger partial charge in [0.1, 0.15) is 17.3 Å². The molecule has 1 aliphatic rings. The zero-order valence-corrected chi connectivity index (χ0v) is 10.4. The van der Waals surface area contributed by atoms with Gasteiger partial charge in [-0.3, -0.25) is 4.79 Å². The van der Waals surface area contributed by atoms with E-state index in [1.807, 2.05) is 0 Å². The van der Waals surface area contributed by atoms with E-state index in [0.717, 1.165) is 12.1 Å². The third-order valence-corrected chi connectivity index (χ3v) is 3.49. The normalized spacial score (nSPS) is 16.7. The second-order valence-electron chi connectivity index (χ2n) is 4.77. The van der Waals surface area contributed by atoms with Crippen LogP contribution in [0.25, 0.3) is 0 Å². The second kappa shape index (κ2) is 5.52. The Morgan fingerprint density at radius 2 is 1.84 bits per heavy atom. The fraction of sp³-hybridized carbons (Fsp3) is 0.462. The largest absolute Gasteiger partial charge is 0.396 e. The minimum atomic E-state index is -0.923. The number of benzene rings is 1. The Morgan fingerprint density at radius 3 is 2.32 bits per heavy atom. The summed E-state index contributed by atoms with van der Waals surface area (Å²) in [5.41, 5.74) is 4.55. The molecule has 1 fully saturated rings. The van der Waals surface area contributed by atoms with Crippen molar-refractivity contribution in [2.75, 3.05) is 25.4 Å². The number of nitrogen functional groups attached to an aromatic ring is 1. The van der Waals surface area contributed by atoms with Gasteiger partial charge in [-0.1, -0.05) is 0 Å². The van der Waals surface area contributed by atoms with Crippen molar-refractivity contribution >= 4 is 11.6 Å². The zero-order chi connectivity index (χ0) is 14.0. The molecule has 0 bridgehead atoms. The number of rotatable bonds is 2. The predicted octanol–water partition coefficient (Wildman–Crippen LogP) is 1.39. The van der Waals surface area contributed by atoms with E-state index >= 15 is 0 Å². The van der Waals surface area contributed by atoms with Gasteiger partial charge in [-0.05, 0) is 30.9 Å². The third kappa shape index (κ3) is 2.84. The number of piperidine rings is 1. The van der Waals surface area contributed by atoms with Crippen LogP contribution < -0.4 is 5.73 Å². The lowest BCUT2D eigenvalue weighted by molar-refractivity contribution is 0.0650. The smallest absolute Gasteiger partial charge is 0.254 e. The van der Waals surface area contributed by atoms with Crippen molar-refractivity contribution in [2.24, 2.45) is 5.92 Å². The number of aliphatic hydroxyl groups is 1. The van der Waals surface area contributed by atoms with E-state index in [9.17, 15) is 13.6 Å². The van der Waals surface area contributed by atoms with Gasteiger partial charge in [0, 0.05) is 25.3 Å². The Labute approximate surface area is 109 Å². The Morgan fingerprint density at radius 1 is 1.32 bits per heavy atom. The maximum absolute atomic E-state index is 13.3. The average molecular weight is 270 g/mol. The van der Waals surface area contributed by atoms with Crippen molar-refractivity contribution in [3.63, 3.8) is 0 Å². The predicted molar refractivity (Wildman–Crippen MR) is 66.5 cm³/mol. The number of nitrogens with zero attached hydrogens (tertiary/aromatic N) is 1. The number of amides is 1. The summed E-state index contributed by atoms with van der Waals surface area (Å²) >= 11 is 0. The first kappa shape index (κ1) is 13.7. The monoisotopic (exact) mass is 270 g/mol. The van der Waals surface area contributed by atoms with E-state index < -0.39 is 23.2 Å². The molecule has 1 aliphatic heterocycles. The molecule has 1 aromatic carbocycles. The maximum Gasteiger partial charge on any atom is 0.254 e. The van der Waals surface area contributed by atoms with E-state index in [2.05, 4.69) is 0 Å². The molecule has 1 aromatic rings. The van der Waals surface area contributed by atoms with E-state index in [4.69, 9.17) is 10.8 Å². The first-order valence-corrected chi connectivity index (χ1v) is 6.17. The number of likely N-dealkylation sites (tertiary alicyclic amines) is 1. The highest BCUT2D eigenvalue weighted by atomic mass is 19.1. The van der Waals surface area contributed by atoms with Crippen LogP contribution in [-0.2, 0) is 0 Å². The standard InChI is InChI=1S/C13H16F2N2O2/c14-10-5-9(6-11(15)12(10)16)13(19)17-3-1-8(7-18)2-4-17/h5-6,8,18H,1-4,7,16H2. The molecule has 3 N–H and O–H groups in total. The highest BCUT2D eigenvalue weighted by Crippen LogP contribution is 2.21. The number of hydrogen-bond acceptors (Lipinski definition) is 3. The van der Waals surface area contributed by atoms with Gasteiger partial charge in [-0.15, -0.1) is 0 Å². The number of halogens is 2. The molecule has 2 rings (SSSR count). The van der Waals surface area contributed by atoms with Gasteiger partial charge in [-0.2, -0.15) is 0 Å². The van der Waals surface area contributed by atoms with Crippen molar-refractivity contribution < 1.29 is 18.7 Å². The molecular formula is C13H16F2N2O2. The lowest BCUT2D eigenvalue weighted by atomic mass is 9.97. The topological polar surface area (TPSA) is 66.6 Å². The molecule has 1 amide bonds. The fourth-order valence-electron chi connectivity index (χ4n) is 2.21. The minimum absolute atomic E-state index is 0.0355. The Hall–Kier alpha value is -1.69. The van der Waals surface area contributed by atoms with Crippen molar-refractivity contribution in [3.05, 3.63) is 29.3 Å². The van der Waals surface area contributed by atoms with Gasteiger partial charge in [0.05, 0.1) is 0 Å². The fourth-order valence-corrected chi connectivity index (χ4v) is 2.21. The van der Waals surface area contributed by atoms with Crippen LogP contribution in [0.15, 0.2) is 12.1 Å². The first-order chi connectivity index (χ1) is 9.02. The summed E-state index contributed by atoms with van der Waals surface area (Å²) in [7, 11) is 0. The number of nitrogens with two attached hydrogens (primary N) is 1. The second-order valence-corrected chi connectivity index (χ2v) is 4.77. The number of carbonyl (C=O) groups is 1. The van der Waals surface area contributed by atoms with Crippen LogP contribution in [0.1, 0.15) is 23.2 Å². The van der Waals surface area contributed by atoms with Crippen molar-refractivity contribution in [3.8, 4) is 0 Å². The molecule has 0 saturated carbocycles. The lowest BCUT2D eigenvalue weighted by Crippen LogP contribution is -2.39. The summed E-state index contributed by atoms with van der Waals surface area (Å²) in [6, 6.07) is 1.91. The molecule has 0 atom stereocenters. The first-order valence-electron chi connectivity index (χ1n) is 6.17. The Bertz CT molecular complexity index is 463. The molecule has 19 heavy (non-hydrogen) atoms. The molecule has 1 saturated heterocycles. The summed E-state index contributed by atoms with van der Waals surface area (Å²) in [5, 5.41) is 9.02. The van der Waals surface area contributed by atoms with E-state index in [1.54, 1.807) is 0 Å². The van der Waals surface area contributed by atoms with E-state index in [1.165, 1.54) is 4.90 Å².